The van der Waals surface area contributed by atoms with E-state index in [0.29, 0.717) is 19.0 Å². The van der Waals surface area contributed by atoms with Crippen LogP contribution in [-0.4, -0.2) is 41.2 Å². The zero-order valence-corrected chi connectivity index (χ0v) is 13.1. The molecule has 1 atom stereocenters. The fourth-order valence-electron chi connectivity index (χ4n) is 2.88. The van der Waals surface area contributed by atoms with E-state index < -0.39 is 5.97 Å². The maximum Gasteiger partial charge on any atom is 0.307 e. The van der Waals surface area contributed by atoms with E-state index in [2.05, 4.69) is 9.88 Å². The lowest BCUT2D eigenvalue weighted by molar-refractivity contribution is -0.143. The predicted octanol–water partition coefficient (Wildman–Crippen LogP) is 2.65. The number of hydrogen-bond donors (Lipinski definition) is 1. The normalized spacial score (nSPS) is 18.7. The summed E-state index contributed by atoms with van der Waals surface area (Å²) in [7, 11) is 1.63. The summed E-state index contributed by atoms with van der Waals surface area (Å²) in [5.74, 6) is 0.355. The number of carbonyl (C=O) groups is 1. The molecule has 1 unspecified atom stereocenters. The van der Waals surface area contributed by atoms with Gasteiger partial charge in [0.1, 0.15) is 12.0 Å². The summed E-state index contributed by atoms with van der Waals surface area (Å²) < 4.78 is 10.7. The molecule has 122 valence electrons. The molecule has 1 aromatic heterocycles. The number of likely N-dealkylation sites (tertiary alicyclic amines) is 1. The van der Waals surface area contributed by atoms with Crippen LogP contribution < -0.4 is 4.74 Å². The van der Waals surface area contributed by atoms with Crippen molar-refractivity contribution in [2.75, 3.05) is 20.2 Å². The number of hydrogen-bond acceptors (Lipinski definition) is 5. The fourth-order valence-corrected chi connectivity index (χ4v) is 2.88. The molecule has 1 N–H and O–H groups in total. The Morgan fingerprint density at radius 2 is 2.22 bits per heavy atom. The smallest absolute Gasteiger partial charge is 0.307 e. The molecule has 0 aliphatic carbocycles. The minimum Gasteiger partial charge on any atom is -0.497 e. The van der Waals surface area contributed by atoms with E-state index in [1.54, 1.807) is 13.4 Å². The van der Waals surface area contributed by atoms with Crippen LogP contribution in [0.4, 0.5) is 0 Å². The Hall–Kier alpha value is -2.34. The molecule has 0 amide bonds. The van der Waals surface area contributed by atoms with E-state index in [1.165, 1.54) is 0 Å². The van der Waals surface area contributed by atoms with Crippen molar-refractivity contribution in [3.63, 3.8) is 0 Å². The summed E-state index contributed by atoms with van der Waals surface area (Å²) in [4.78, 5) is 17.7. The highest BCUT2D eigenvalue weighted by Crippen LogP contribution is 2.23. The third-order valence-corrected chi connectivity index (χ3v) is 4.13. The average molecular weight is 316 g/mol. The Morgan fingerprint density at radius 1 is 1.43 bits per heavy atom. The third-order valence-electron chi connectivity index (χ3n) is 4.13. The lowest BCUT2D eigenvalue weighted by atomic mass is 9.98. The minimum absolute atomic E-state index is 0.281. The van der Waals surface area contributed by atoms with Crippen molar-refractivity contribution < 1.29 is 19.1 Å². The Bertz CT molecular complexity index is 665. The van der Waals surface area contributed by atoms with Crippen LogP contribution in [0.25, 0.3) is 11.5 Å². The molecule has 0 spiro atoms. The van der Waals surface area contributed by atoms with Gasteiger partial charge >= 0.3 is 5.97 Å². The second-order valence-corrected chi connectivity index (χ2v) is 5.79. The molecule has 1 fully saturated rings. The van der Waals surface area contributed by atoms with Crippen LogP contribution in [0.3, 0.4) is 0 Å². The number of oxazole rings is 1. The number of piperidine rings is 1. The standard InChI is InChI=1S/C17H20N2O4/c1-22-15-6-4-12(5-7-15)16-18-14(11-23-16)10-19-8-2-3-13(9-19)17(20)21/h4-7,11,13H,2-3,8-10H2,1H3,(H,20,21). The quantitative estimate of drug-likeness (QED) is 0.914. The van der Waals surface area contributed by atoms with Gasteiger partial charge in [0.25, 0.3) is 0 Å². The first-order valence-electron chi connectivity index (χ1n) is 7.69. The monoisotopic (exact) mass is 316 g/mol. The van der Waals surface area contributed by atoms with E-state index >= 15 is 0 Å². The molecule has 23 heavy (non-hydrogen) atoms. The topological polar surface area (TPSA) is 75.8 Å². The molecule has 1 saturated heterocycles. The van der Waals surface area contributed by atoms with Gasteiger partial charge in [-0.1, -0.05) is 0 Å². The molecule has 0 saturated carbocycles. The van der Waals surface area contributed by atoms with Gasteiger partial charge in [-0.3, -0.25) is 9.69 Å². The highest BCUT2D eigenvalue weighted by molar-refractivity contribution is 5.70. The van der Waals surface area contributed by atoms with Crippen LogP contribution in [0.1, 0.15) is 18.5 Å². The van der Waals surface area contributed by atoms with Gasteiger partial charge in [-0.05, 0) is 43.7 Å². The van der Waals surface area contributed by atoms with Crippen molar-refractivity contribution in [2.24, 2.45) is 5.92 Å². The Morgan fingerprint density at radius 3 is 2.91 bits per heavy atom. The molecule has 6 heteroatoms. The second-order valence-electron chi connectivity index (χ2n) is 5.79. The maximum absolute atomic E-state index is 11.1. The Balaban J connectivity index is 1.65. The molecule has 0 bridgehead atoms. The van der Waals surface area contributed by atoms with Gasteiger partial charge in [-0.2, -0.15) is 0 Å². The number of aromatic nitrogens is 1. The molecule has 2 aromatic rings. The fraction of sp³-hybridized carbons (Fsp3) is 0.412. The lowest BCUT2D eigenvalue weighted by Crippen LogP contribution is -2.38. The summed E-state index contributed by atoms with van der Waals surface area (Å²) >= 11 is 0. The number of benzene rings is 1. The maximum atomic E-state index is 11.1. The summed E-state index contributed by atoms with van der Waals surface area (Å²) in [5.41, 5.74) is 1.71. The Kier molecular flexibility index (Phi) is 4.62. The van der Waals surface area contributed by atoms with Crippen molar-refractivity contribution >= 4 is 5.97 Å². The summed E-state index contributed by atoms with van der Waals surface area (Å²) in [6.07, 6.45) is 3.30. The largest absolute Gasteiger partial charge is 0.497 e. The van der Waals surface area contributed by atoms with E-state index in [0.717, 1.165) is 36.4 Å². The van der Waals surface area contributed by atoms with E-state index in [-0.39, 0.29) is 5.92 Å². The molecule has 2 heterocycles. The van der Waals surface area contributed by atoms with E-state index in [1.807, 2.05) is 24.3 Å². The highest BCUT2D eigenvalue weighted by atomic mass is 16.5. The molecule has 6 nitrogen and oxygen atoms in total. The predicted molar refractivity (Wildman–Crippen MR) is 84.1 cm³/mol. The van der Waals surface area contributed by atoms with Gasteiger partial charge in [0.2, 0.25) is 5.89 Å². The van der Waals surface area contributed by atoms with Gasteiger partial charge in [0, 0.05) is 18.7 Å². The number of methoxy groups -OCH3 is 1. The van der Waals surface area contributed by atoms with Crippen LogP contribution in [0.5, 0.6) is 5.75 Å². The number of nitrogens with zero attached hydrogens (tertiary/aromatic N) is 2. The molecule has 0 radical (unpaired) electrons. The zero-order valence-electron chi connectivity index (χ0n) is 13.1. The van der Waals surface area contributed by atoms with Crippen LogP contribution in [-0.2, 0) is 11.3 Å². The van der Waals surface area contributed by atoms with Crippen molar-refractivity contribution in [3.8, 4) is 17.2 Å². The molecule has 1 aliphatic heterocycles. The first-order valence-corrected chi connectivity index (χ1v) is 7.69. The van der Waals surface area contributed by atoms with E-state index in [4.69, 9.17) is 14.3 Å². The first-order chi connectivity index (χ1) is 11.2. The first kappa shape index (κ1) is 15.6. The second kappa shape index (κ2) is 6.83. The molecule has 1 aliphatic rings. The summed E-state index contributed by atoms with van der Waals surface area (Å²) in [5, 5.41) is 9.15. The number of rotatable bonds is 5. The van der Waals surface area contributed by atoms with Crippen molar-refractivity contribution in [1.82, 2.24) is 9.88 Å². The van der Waals surface area contributed by atoms with Crippen molar-refractivity contribution in [1.29, 1.82) is 0 Å². The van der Waals surface area contributed by atoms with Crippen LogP contribution >= 0.6 is 0 Å². The number of aliphatic carboxylic acids is 1. The SMILES string of the molecule is COc1ccc(-c2nc(CN3CCCC(C(=O)O)C3)co2)cc1. The number of carboxylic acids is 1. The number of ether oxygens (including phenoxy) is 1. The zero-order chi connectivity index (χ0) is 16.2. The third kappa shape index (κ3) is 3.71. The lowest BCUT2D eigenvalue weighted by Gasteiger charge is -2.29. The van der Waals surface area contributed by atoms with Gasteiger partial charge < -0.3 is 14.3 Å². The highest BCUT2D eigenvalue weighted by Gasteiger charge is 2.25. The number of carboxylic acid groups (broad SMARTS) is 1. The van der Waals surface area contributed by atoms with Crippen molar-refractivity contribution in [2.45, 2.75) is 19.4 Å². The molecular weight excluding hydrogens is 296 g/mol. The van der Waals surface area contributed by atoms with Gasteiger partial charge in [0.15, 0.2) is 0 Å². The summed E-state index contributed by atoms with van der Waals surface area (Å²) in [6.45, 7) is 2.08. The summed E-state index contributed by atoms with van der Waals surface area (Å²) in [6, 6.07) is 7.52. The van der Waals surface area contributed by atoms with E-state index in [9.17, 15) is 4.79 Å². The van der Waals surface area contributed by atoms with Crippen molar-refractivity contribution in [3.05, 3.63) is 36.2 Å². The molecular formula is C17H20N2O4. The van der Waals surface area contributed by atoms with Crippen LogP contribution in [0.15, 0.2) is 34.9 Å². The van der Waals surface area contributed by atoms with Gasteiger partial charge in [-0.15, -0.1) is 0 Å². The minimum atomic E-state index is -0.714. The molecule has 1 aromatic carbocycles. The Labute approximate surface area is 134 Å². The van der Waals surface area contributed by atoms with Gasteiger partial charge in [0.05, 0.1) is 18.7 Å². The molecule has 3 rings (SSSR count). The van der Waals surface area contributed by atoms with Crippen LogP contribution in [0, 0.1) is 5.92 Å². The van der Waals surface area contributed by atoms with Crippen LogP contribution in [0.2, 0.25) is 0 Å². The average Bonchev–Trinajstić information content (AvgIpc) is 3.03. The van der Waals surface area contributed by atoms with Gasteiger partial charge in [-0.25, -0.2) is 4.98 Å².